The van der Waals surface area contributed by atoms with E-state index < -0.39 is 8.07 Å². The van der Waals surface area contributed by atoms with E-state index in [4.69, 9.17) is 16.7 Å². The zero-order valence-corrected chi connectivity index (χ0v) is 12.0. The minimum atomic E-state index is -1.60. The van der Waals surface area contributed by atoms with Crippen LogP contribution >= 0.6 is 11.6 Å². The molecule has 0 radical (unpaired) electrons. The van der Waals surface area contributed by atoms with Gasteiger partial charge in [-0.25, -0.2) is 4.39 Å². The molecule has 1 N–H and O–H groups in total. The summed E-state index contributed by atoms with van der Waals surface area (Å²) in [5.41, 5.74) is 0. The van der Waals surface area contributed by atoms with Crippen molar-refractivity contribution in [2.45, 2.75) is 31.5 Å². The first-order valence-electron chi connectivity index (χ1n) is 6.05. The van der Waals surface area contributed by atoms with Crippen molar-refractivity contribution < 1.29 is 9.50 Å². The zero-order valence-electron chi connectivity index (χ0n) is 10.3. The predicted octanol–water partition coefficient (Wildman–Crippen LogP) is 3.12. The molecule has 0 aromatic heterocycles. The van der Waals surface area contributed by atoms with Crippen molar-refractivity contribution in [2.24, 2.45) is 0 Å². The summed E-state index contributed by atoms with van der Waals surface area (Å²) < 4.78 is 12.9. The second kappa shape index (κ2) is 7.14. The first kappa shape index (κ1) is 14.7. The lowest BCUT2D eigenvalue weighted by molar-refractivity contribution is 0.294. The molecule has 0 aliphatic heterocycles. The lowest BCUT2D eigenvalue weighted by atomic mass is 10.3. The molecule has 96 valence electrons. The molecule has 1 aromatic rings. The lowest BCUT2D eigenvalue weighted by Gasteiger charge is -2.27. The van der Waals surface area contributed by atoms with Gasteiger partial charge in [0.05, 0.1) is 8.07 Å². The van der Waals surface area contributed by atoms with Gasteiger partial charge in [0.1, 0.15) is 5.82 Å². The Bertz CT molecular complexity index is 321. The number of hydrogen-bond acceptors (Lipinski definition) is 1. The zero-order chi connectivity index (χ0) is 12.7. The van der Waals surface area contributed by atoms with E-state index in [1.807, 2.05) is 12.1 Å². The summed E-state index contributed by atoms with van der Waals surface area (Å²) in [6, 6.07) is 8.98. The number of benzene rings is 1. The van der Waals surface area contributed by atoms with Crippen LogP contribution in [-0.2, 0) is 0 Å². The molecule has 1 rings (SSSR count). The summed E-state index contributed by atoms with van der Waals surface area (Å²) in [6.07, 6.45) is 1.81. The fourth-order valence-electron chi connectivity index (χ4n) is 2.19. The van der Waals surface area contributed by atoms with Crippen LogP contribution in [0.2, 0.25) is 18.6 Å². The molecule has 0 aliphatic carbocycles. The maximum absolute atomic E-state index is 12.9. The highest BCUT2D eigenvalue weighted by atomic mass is 35.5. The molecule has 1 nitrogen and oxygen atoms in total. The molecular formula is C13H20ClFOSi. The molecule has 0 amide bonds. The van der Waals surface area contributed by atoms with Gasteiger partial charge in [-0.2, -0.15) is 0 Å². The maximum Gasteiger partial charge on any atom is 0.123 e. The summed E-state index contributed by atoms with van der Waals surface area (Å²) in [7, 11) is -1.60. The largest absolute Gasteiger partial charge is 0.396 e. The fraction of sp³-hybridized carbons (Fsp3) is 0.538. The van der Waals surface area contributed by atoms with Crippen LogP contribution in [0.1, 0.15) is 12.8 Å². The number of rotatable bonds is 7. The number of alkyl halides is 1. The van der Waals surface area contributed by atoms with E-state index in [2.05, 4.69) is 6.55 Å². The summed E-state index contributed by atoms with van der Waals surface area (Å²) >= 11 is 5.77. The van der Waals surface area contributed by atoms with Crippen LogP contribution in [0.5, 0.6) is 0 Å². The van der Waals surface area contributed by atoms with Gasteiger partial charge in [0.25, 0.3) is 0 Å². The van der Waals surface area contributed by atoms with Gasteiger partial charge < -0.3 is 5.11 Å². The van der Waals surface area contributed by atoms with Crippen LogP contribution < -0.4 is 5.19 Å². The van der Waals surface area contributed by atoms with Crippen LogP contribution in [0.4, 0.5) is 4.39 Å². The van der Waals surface area contributed by atoms with Gasteiger partial charge >= 0.3 is 0 Å². The molecule has 0 heterocycles. The number of halogens is 2. The van der Waals surface area contributed by atoms with Crippen molar-refractivity contribution in [1.82, 2.24) is 0 Å². The van der Waals surface area contributed by atoms with Crippen LogP contribution in [-0.4, -0.2) is 25.7 Å². The number of hydrogen-bond donors (Lipinski definition) is 1. The van der Waals surface area contributed by atoms with Gasteiger partial charge in [0, 0.05) is 12.5 Å². The van der Waals surface area contributed by atoms with Crippen molar-refractivity contribution in [1.29, 1.82) is 0 Å². The Hall–Kier alpha value is -0.383. The van der Waals surface area contributed by atoms with Crippen LogP contribution in [0.15, 0.2) is 24.3 Å². The lowest BCUT2D eigenvalue weighted by Crippen LogP contribution is -2.44. The number of aliphatic hydroxyl groups is 1. The Labute approximate surface area is 109 Å². The Morgan fingerprint density at radius 1 is 1.18 bits per heavy atom. The quantitative estimate of drug-likeness (QED) is 0.598. The molecule has 0 aliphatic rings. The minimum Gasteiger partial charge on any atom is -0.396 e. The SMILES string of the molecule is C[Si](CCCO)(CCCCl)c1ccc(F)cc1. The van der Waals surface area contributed by atoms with E-state index in [9.17, 15) is 4.39 Å². The van der Waals surface area contributed by atoms with Gasteiger partial charge in [-0.05, 0) is 25.0 Å². The summed E-state index contributed by atoms with van der Waals surface area (Å²) in [4.78, 5) is 0. The smallest absolute Gasteiger partial charge is 0.123 e. The summed E-state index contributed by atoms with van der Waals surface area (Å²) in [6.45, 7) is 2.52. The first-order chi connectivity index (χ1) is 8.12. The van der Waals surface area contributed by atoms with Gasteiger partial charge in [0.2, 0.25) is 0 Å². The highest BCUT2D eigenvalue weighted by molar-refractivity contribution is 6.90. The van der Waals surface area contributed by atoms with E-state index in [1.165, 1.54) is 17.3 Å². The highest BCUT2D eigenvalue weighted by Gasteiger charge is 2.28. The normalized spacial score (nSPS) is 14.6. The Morgan fingerprint density at radius 2 is 1.76 bits per heavy atom. The molecular weight excluding hydrogens is 255 g/mol. The average molecular weight is 275 g/mol. The van der Waals surface area contributed by atoms with E-state index in [0.717, 1.165) is 24.9 Å². The molecule has 4 heteroatoms. The van der Waals surface area contributed by atoms with Gasteiger partial charge in [-0.3, -0.25) is 0 Å². The Morgan fingerprint density at radius 3 is 2.29 bits per heavy atom. The molecule has 17 heavy (non-hydrogen) atoms. The van der Waals surface area contributed by atoms with E-state index in [-0.39, 0.29) is 12.4 Å². The molecule has 0 fully saturated rings. The third kappa shape index (κ3) is 4.41. The monoisotopic (exact) mass is 274 g/mol. The van der Waals surface area contributed by atoms with Crippen molar-refractivity contribution in [3.8, 4) is 0 Å². The molecule has 1 aromatic carbocycles. The topological polar surface area (TPSA) is 20.2 Å². The van der Waals surface area contributed by atoms with Crippen molar-refractivity contribution in [3.05, 3.63) is 30.1 Å². The van der Waals surface area contributed by atoms with Gasteiger partial charge in [0.15, 0.2) is 0 Å². The van der Waals surface area contributed by atoms with Crippen molar-refractivity contribution in [2.75, 3.05) is 12.5 Å². The van der Waals surface area contributed by atoms with Crippen LogP contribution in [0.3, 0.4) is 0 Å². The second-order valence-electron chi connectivity index (χ2n) is 4.69. The molecule has 1 unspecified atom stereocenters. The maximum atomic E-state index is 12.9. The Kier molecular flexibility index (Phi) is 6.16. The first-order valence-corrected chi connectivity index (χ1v) is 9.50. The predicted molar refractivity (Wildman–Crippen MR) is 74.3 cm³/mol. The van der Waals surface area contributed by atoms with Gasteiger partial charge in [-0.1, -0.05) is 36.0 Å². The molecule has 1 atom stereocenters. The van der Waals surface area contributed by atoms with E-state index >= 15 is 0 Å². The average Bonchev–Trinajstić information content (AvgIpc) is 2.34. The van der Waals surface area contributed by atoms with Crippen molar-refractivity contribution >= 4 is 24.9 Å². The number of aliphatic hydroxyl groups excluding tert-OH is 1. The molecule has 0 saturated carbocycles. The van der Waals surface area contributed by atoms with Crippen LogP contribution in [0.25, 0.3) is 0 Å². The minimum absolute atomic E-state index is 0.190. The molecule has 0 spiro atoms. The summed E-state index contributed by atoms with van der Waals surface area (Å²) in [5, 5.41) is 10.2. The summed E-state index contributed by atoms with van der Waals surface area (Å²) in [5.74, 6) is 0.479. The standard InChI is InChI=1S/C13H20ClFOSi/c1-17(10-2-8-14,11-3-9-16)13-6-4-12(15)5-7-13/h4-7,16H,2-3,8-11H2,1H3. The van der Waals surface area contributed by atoms with Crippen molar-refractivity contribution in [3.63, 3.8) is 0 Å². The third-order valence-corrected chi connectivity index (χ3v) is 8.20. The third-order valence-electron chi connectivity index (χ3n) is 3.29. The molecule has 0 saturated heterocycles. The Balaban J connectivity index is 2.83. The van der Waals surface area contributed by atoms with Gasteiger partial charge in [-0.15, -0.1) is 11.6 Å². The van der Waals surface area contributed by atoms with E-state index in [0.29, 0.717) is 5.88 Å². The highest BCUT2D eigenvalue weighted by Crippen LogP contribution is 2.20. The molecule has 0 bridgehead atoms. The van der Waals surface area contributed by atoms with E-state index in [1.54, 1.807) is 0 Å². The second-order valence-corrected chi connectivity index (χ2v) is 9.76. The fourth-order valence-corrected chi connectivity index (χ4v) is 6.24. The van der Waals surface area contributed by atoms with Crippen LogP contribution in [0, 0.1) is 5.82 Å².